The van der Waals surface area contributed by atoms with E-state index in [4.69, 9.17) is 23.1 Å². The van der Waals surface area contributed by atoms with E-state index in [0.717, 1.165) is 18.5 Å². The second-order valence-electron chi connectivity index (χ2n) is 3.34. The van der Waals surface area contributed by atoms with Crippen molar-refractivity contribution < 1.29 is 5.11 Å². The maximum Gasteiger partial charge on any atom is 0.175 e. The normalized spacial score (nSPS) is 9.00. The van der Waals surface area contributed by atoms with Crippen molar-refractivity contribution in [1.82, 2.24) is 0 Å². The molecule has 0 aliphatic carbocycles. The minimum absolute atomic E-state index is 0.345. The number of rotatable bonds is 2. The summed E-state index contributed by atoms with van der Waals surface area (Å²) in [5, 5.41) is 7.34. The van der Waals surface area contributed by atoms with Crippen LogP contribution in [0.2, 0.25) is 0 Å². The minimum Gasteiger partial charge on any atom is -0.400 e. The first-order valence-electron chi connectivity index (χ1n) is 5.43. The van der Waals surface area contributed by atoms with Gasteiger partial charge in [0, 0.05) is 18.5 Å². The molecule has 0 radical (unpaired) electrons. The molecule has 0 atom stereocenters. The van der Waals surface area contributed by atoms with Crippen LogP contribution in [0, 0.1) is 0 Å². The number of anilines is 2. The van der Waals surface area contributed by atoms with Gasteiger partial charge in [0.25, 0.3) is 0 Å². The van der Waals surface area contributed by atoms with E-state index in [1.54, 1.807) is 0 Å². The molecule has 18 heavy (non-hydrogen) atoms. The van der Waals surface area contributed by atoms with Crippen LogP contribution in [0.25, 0.3) is 0 Å². The average molecular weight is 260 g/mol. The highest BCUT2D eigenvalue weighted by Gasteiger charge is 2.10. The van der Waals surface area contributed by atoms with Crippen LogP contribution in [0.1, 0.15) is 0 Å². The summed E-state index contributed by atoms with van der Waals surface area (Å²) in [7, 11) is 1.00. The Hall–Kier alpha value is -1.91. The van der Waals surface area contributed by atoms with Gasteiger partial charge < -0.3 is 10.8 Å². The molecule has 3 N–H and O–H groups in total. The molecule has 0 spiro atoms. The zero-order valence-electron chi connectivity index (χ0n) is 10.2. The Morgan fingerprint density at radius 2 is 1.22 bits per heavy atom. The lowest BCUT2D eigenvalue weighted by atomic mass is 10.2. The van der Waals surface area contributed by atoms with Crippen LogP contribution in [0.15, 0.2) is 60.7 Å². The summed E-state index contributed by atoms with van der Waals surface area (Å²) in [6, 6.07) is 19.7. The van der Waals surface area contributed by atoms with E-state index < -0.39 is 0 Å². The fourth-order valence-corrected chi connectivity index (χ4v) is 1.77. The van der Waals surface area contributed by atoms with Crippen LogP contribution in [0.4, 0.5) is 11.4 Å². The Kier molecular flexibility index (Phi) is 5.84. The number of benzene rings is 2. The van der Waals surface area contributed by atoms with Crippen molar-refractivity contribution in [3.63, 3.8) is 0 Å². The van der Waals surface area contributed by atoms with Gasteiger partial charge in [0.1, 0.15) is 0 Å². The van der Waals surface area contributed by atoms with E-state index in [-0.39, 0.29) is 0 Å². The smallest absolute Gasteiger partial charge is 0.175 e. The number of hydrogen-bond donors (Lipinski definition) is 2. The molecule has 2 aromatic rings. The SMILES string of the molecule is CO.NC(=S)N(c1ccccc1)c1ccccc1. The number of para-hydroxylation sites is 2. The molecule has 0 heterocycles. The molecule has 0 bridgehead atoms. The van der Waals surface area contributed by atoms with Gasteiger partial charge >= 0.3 is 0 Å². The molecule has 0 aliphatic heterocycles. The minimum atomic E-state index is 0.345. The first kappa shape index (κ1) is 14.2. The van der Waals surface area contributed by atoms with E-state index in [1.165, 1.54) is 0 Å². The van der Waals surface area contributed by atoms with Crippen LogP contribution in [-0.4, -0.2) is 17.3 Å². The topological polar surface area (TPSA) is 49.5 Å². The molecule has 2 rings (SSSR count). The lowest BCUT2D eigenvalue weighted by Crippen LogP contribution is -2.30. The largest absolute Gasteiger partial charge is 0.400 e. The third-order valence-corrected chi connectivity index (χ3v) is 2.43. The summed E-state index contributed by atoms with van der Waals surface area (Å²) < 4.78 is 0. The Bertz CT molecular complexity index is 434. The fraction of sp³-hybridized carbons (Fsp3) is 0.0714. The number of aliphatic hydroxyl groups is 1. The van der Waals surface area contributed by atoms with Crippen molar-refractivity contribution in [2.75, 3.05) is 12.0 Å². The van der Waals surface area contributed by atoms with E-state index in [1.807, 2.05) is 65.6 Å². The highest BCUT2D eigenvalue weighted by molar-refractivity contribution is 7.80. The lowest BCUT2D eigenvalue weighted by molar-refractivity contribution is 0.399. The Balaban J connectivity index is 0.000000771. The molecule has 4 heteroatoms. The van der Waals surface area contributed by atoms with Crippen molar-refractivity contribution >= 4 is 28.7 Å². The molecule has 2 aromatic carbocycles. The third kappa shape index (κ3) is 3.55. The Labute approximate surface area is 112 Å². The maximum atomic E-state index is 7.00. The zero-order valence-corrected chi connectivity index (χ0v) is 11.0. The summed E-state index contributed by atoms with van der Waals surface area (Å²) in [6.07, 6.45) is 0. The van der Waals surface area contributed by atoms with Gasteiger partial charge in [-0.15, -0.1) is 0 Å². The van der Waals surface area contributed by atoms with E-state index in [2.05, 4.69) is 0 Å². The predicted octanol–water partition coefficient (Wildman–Crippen LogP) is 2.68. The zero-order chi connectivity index (χ0) is 13.4. The van der Waals surface area contributed by atoms with Gasteiger partial charge in [0.2, 0.25) is 0 Å². The van der Waals surface area contributed by atoms with Crippen molar-refractivity contribution in [2.24, 2.45) is 5.73 Å². The van der Waals surface area contributed by atoms with Gasteiger partial charge in [-0.25, -0.2) is 0 Å². The number of hydrogen-bond acceptors (Lipinski definition) is 2. The number of thiocarbonyl (C=S) groups is 1. The average Bonchev–Trinajstić information content (AvgIpc) is 2.43. The molecule has 0 unspecified atom stereocenters. The molecule has 94 valence electrons. The summed E-state index contributed by atoms with van der Waals surface area (Å²) in [5.41, 5.74) is 7.70. The van der Waals surface area contributed by atoms with Gasteiger partial charge in [-0.3, -0.25) is 4.90 Å². The first-order chi connectivity index (χ1) is 8.79. The lowest BCUT2D eigenvalue weighted by Gasteiger charge is -2.22. The highest BCUT2D eigenvalue weighted by Crippen LogP contribution is 2.24. The van der Waals surface area contributed by atoms with Crippen LogP contribution in [-0.2, 0) is 0 Å². The molecule has 0 fully saturated rings. The highest BCUT2D eigenvalue weighted by atomic mass is 32.1. The summed E-state index contributed by atoms with van der Waals surface area (Å²) in [5.74, 6) is 0. The van der Waals surface area contributed by atoms with Crippen molar-refractivity contribution in [2.45, 2.75) is 0 Å². The summed E-state index contributed by atoms with van der Waals surface area (Å²) in [4.78, 5) is 1.84. The molecular formula is C14H16N2OS. The quantitative estimate of drug-likeness (QED) is 0.815. The maximum absolute atomic E-state index is 7.00. The van der Waals surface area contributed by atoms with Gasteiger partial charge in [-0.1, -0.05) is 36.4 Å². The molecule has 0 saturated heterocycles. The summed E-state index contributed by atoms with van der Waals surface area (Å²) in [6.45, 7) is 0. The van der Waals surface area contributed by atoms with E-state index in [0.29, 0.717) is 5.11 Å². The number of nitrogens with two attached hydrogens (primary N) is 1. The van der Waals surface area contributed by atoms with Crippen molar-refractivity contribution in [3.05, 3.63) is 60.7 Å². The Morgan fingerprint density at radius 1 is 0.889 bits per heavy atom. The van der Waals surface area contributed by atoms with Gasteiger partial charge in [0.15, 0.2) is 5.11 Å². The van der Waals surface area contributed by atoms with Crippen molar-refractivity contribution in [3.8, 4) is 0 Å². The molecule has 0 aromatic heterocycles. The third-order valence-electron chi connectivity index (χ3n) is 2.25. The van der Waals surface area contributed by atoms with Crippen molar-refractivity contribution in [1.29, 1.82) is 0 Å². The molecule has 0 aliphatic rings. The molecule has 3 nitrogen and oxygen atoms in total. The van der Waals surface area contributed by atoms with Crippen LogP contribution < -0.4 is 10.6 Å². The second kappa shape index (κ2) is 7.42. The van der Waals surface area contributed by atoms with Gasteiger partial charge in [-0.05, 0) is 36.5 Å². The second-order valence-corrected chi connectivity index (χ2v) is 3.76. The monoisotopic (exact) mass is 260 g/mol. The molecule has 0 saturated carbocycles. The van der Waals surface area contributed by atoms with Crippen LogP contribution in [0.5, 0.6) is 0 Å². The first-order valence-corrected chi connectivity index (χ1v) is 5.84. The Morgan fingerprint density at radius 3 is 1.50 bits per heavy atom. The van der Waals surface area contributed by atoms with Crippen LogP contribution >= 0.6 is 12.2 Å². The van der Waals surface area contributed by atoms with Crippen LogP contribution in [0.3, 0.4) is 0 Å². The molecule has 0 amide bonds. The van der Waals surface area contributed by atoms with E-state index in [9.17, 15) is 0 Å². The van der Waals surface area contributed by atoms with E-state index >= 15 is 0 Å². The fourth-order valence-electron chi connectivity index (χ4n) is 1.56. The van der Waals surface area contributed by atoms with Gasteiger partial charge in [-0.2, -0.15) is 0 Å². The predicted molar refractivity (Wildman–Crippen MR) is 80.0 cm³/mol. The number of aliphatic hydroxyl groups excluding tert-OH is 1. The standard InChI is InChI=1S/C13H12N2S.CH4O/c14-13(16)15(11-7-3-1-4-8-11)12-9-5-2-6-10-12;1-2/h1-10H,(H2,14,16);2H,1H3. The molecular weight excluding hydrogens is 244 g/mol. The van der Waals surface area contributed by atoms with Gasteiger partial charge in [0.05, 0.1) is 0 Å². The summed E-state index contributed by atoms with van der Waals surface area (Å²) >= 11 is 5.08. The number of nitrogens with zero attached hydrogens (tertiary/aromatic N) is 1.